The fourth-order valence-corrected chi connectivity index (χ4v) is 5.26. The van der Waals surface area contributed by atoms with E-state index in [1.165, 1.54) is 11.1 Å². The number of carbonyl (C=O) groups excluding carboxylic acids is 2. The number of hydrogen-bond acceptors (Lipinski definition) is 5. The highest BCUT2D eigenvalue weighted by atomic mass is 16.2. The van der Waals surface area contributed by atoms with Crippen LogP contribution in [-0.4, -0.2) is 79.3 Å². The summed E-state index contributed by atoms with van der Waals surface area (Å²) in [6.07, 6.45) is 3.03. The first-order chi connectivity index (χ1) is 18.0. The van der Waals surface area contributed by atoms with Gasteiger partial charge in [-0.2, -0.15) is 0 Å². The molecule has 3 heterocycles. The molecular formula is C28H41N7O2. The Morgan fingerprint density at radius 2 is 1.27 bits per heavy atom. The molecule has 0 unspecified atom stereocenters. The topological polar surface area (TPSA) is 115 Å². The normalized spacial score (nSPS) is 23.7. The molecule has 4 amide bonds. The van der Waals surface area contributed by atoms with E-state index in [0.717, 1.165) is 71.6 Å². The van der Waals surface area contributed by atoms with Crippen molar-refractivity contribution in [2.45, 2.75) is 50.5 Å². The lowest BCUT2D eigenvalue weighted by molar-refractivity contribution is 0.231. The minimum Gasteiger partial charge on any atom is -0.352 e. The molecule has 9 heteroatoms. The van der Waals surface area contributed by atoms with E-state index >= 15 is 0 Å². The van der Waals surface area contributed by atoms with E-state index in [0.29, 0.717) is 0 Å². The molecule has 3 fully saturated rings. The van der Waals surface area contributed by atoms with Crippen molar-refractivity contribution in [3.8, 4) is 0 Å². The van der Waals surface area contributed by atoms with Crippen molar-refractivity contribution in [2.24, 2.45) is 5.73 Å². The van der Waals surface area contributed by atoms with Gasteiger partial charge in [0.15, 0.2) is 0 Å². The maximum atomic E-state index is 12.4. The number of amides is 4. The molecule has 0 bridgehead atoms. The largest absolute Gasteiger partial charge is 0.352 e. The van der Waals surface area contributed by atoms with Crippen molar-refractivity contribution in [2.75, 3.05) is 39.3 Å². The van der Waals surface area contributed by atoms with Crippen LogP contribution in [-0.2, 0) is 13.1 Å². The van der Waals surface area contributed by atoms with Crippen molar-refractivity contribution in [1.82, 2.24) is 31.1 Å². The number of likely N-dealkylation sites (tertiary alicyclic amines) is 2. The molecule has 2 aromatic carbocycles. The lowest BCUT2D eigenvalue weighted by Gasteiger charge is -2.19. The molecule has 200 valence electrons. The van der Waals surface area contributed by atoms with E-state index in [9.17, 15) is 9.59 Å². The Kier molecular flexibility index (Phi) is 10.2. The minimum atomic E-state index is -0.427. The van der Waals surface area contributed by atoms with E-state index in [4.69, 9.17) is 5.73 Å². The lowest BCUT2D eigenvalue weighted by Crippen LogP contribution is -2.47. The monoisotopic (exact) mass is 507 g/mol. The summed E-state index contributed by atoms with van der Waals surface area (Å²) in [5.41, 5.74) is 7.56. The first kappa shape index (κ1) is 26.9. The third-order valence-electron chi connectivity index (χ3n) is 7.12. The first-order valence-electron chi connectivity index (χ1n) is 13.4. The molecule has 0 aromatic heterocycles. The molecule has 37 heavy (non-hydrogen) atoms. The van der Waals surface area contributed by atoms with Crippen molar-refractivity contribution in [3.05, 3.63) is 71.8 Å². The molecule has 0 saturated carbocycles. The Morgan fingerprint density at radius 3 is 1.70 bits per heavy atom. The number of nitrogens with zero attached hydrogens (tertiary/aromatic N) is 2. The molecule has 0 aliphatic carbocycles. The zero-order valence-corrected chi connectivity index (χ0v) is 21.6. The third kappa shape index (κ3) is 9.35. The molecule has 3 aliphatic rings. The zero-order valence-electron chi connectivity index (χ0n) is 21.6. The van der Waals surface area contributed by atoms with Crippen LogP contribution in [0.1, 0.15) is 30.4 Å². The Bertz CT molecular complexity index is 906. The minimum absolute atomic E-state index is 0.0156. The molecule has 0 radical (unpaired) electrons. The summed E-state index contributed by atoms with van der Waals surface area (Å²) in [6.45, 7) is 7.66. The average Bonchev–Trinajstić information content (AvgIpc) is 3.65. The van der Waals surface area contributed by atoms with Crippen LogP contribution < -0.4 is 27.0 Å². The molecule has 3 saturated heterocycles. The van der Waals surface area contributed by atoms with Crippen LogP contribution in [0.5, 0.6) is 0 Å². The molecule has 2 aromatic rings. The smallest absolute Gasteiger partial charge is 0.315 e. The van der Waals surface area contributed by atoms with Gasteiger partial charge in [-0.3, -0.25) is 9.80 Å². The van der Waals surface area contributed by atoms with Gasteiger partial charge in [-0.05, 0) is 36.9 Å². The van der Waals surface area contributed by atoms with Crippen molar-refractivity contribution in [1.29, 1.82) is 0 Å². The van der Waals surface area contributed by atoms with Gasteiger partial charge in [-0.1, -0.05) is 60.7 Å². The van der Waals surface area contributed by atoms with Crippen LogP contribution in [0.2, 0.25) is 0 Å². The second kappa shape index (κ2) is 14.0. The van der Waals surface area contributed by atoms with Crippen LogP contribution in [0.25, 0.3) is 0 Å². The van der Waals surface area contributed by atoms with Gasteiger partial charge in [0.1, 0.15) is 0 Å². The zero-order chi connectivity index (χ0) is 25.9. The van der Waals surface area contributed by atoms with Crippen molar-refractivity contribution in [3.63, 3.8) is 0 Å². The van der Waals surface area contributed by atoms with Crippen LogP contribution in [0.3, 0.4) is 0 Å². The second-order valence-corrected chi connectivity index (χ2v) is 10.2. The van der Waals surface area contributed by atoms with Gasteiger partial charge in [-0.25, -0.2) is 9.59 Å². The predicted molar refractivity (Wildman–Crippen MR) is 146 cm³/mol. The summed E-state index contributed by atoms with van der Waals surface area (Å²) in [5, 5.41) is 12.1. The van der Waals surface area contributed by atoms with Crippen LogP contribution in [0.15, 0.2) is 60.7 Å². The van der Waals surface area contributed by atoms with Gasteiger partial charge in [0.2, 0.25) is 0 Å². The summed E-state index contributed by atoms with van der Waals surface area (Å²) >= 11 is 0. The Labute approximate surface area is 220 Å². The highest BCUT2D eigenvalue weighted by Gasteiger charge is 2.27. The van der Waals surface area contributed by atoms with E-state index < -0.39 is 6.03 Å². The van der Waals surface area contributed by atoms with Gasteiger partial charge in [0, 0.05) is 63.9 Å². The summed E-state index contributed by atoms with van der Waals surface area (Å²) in [5.74, 6) is 0. The number of nitrogens with two attached hydrogens (primary N) is 1. The molecule has 3 aliphatic heterocycles. The fraction of sp³-hybridized carbons (Fsp3) is 0.500. The maximum Gasteiger partial charge on any atom is 0.315 e. The molecule has 0 spiro atoms. The molecular weight excluding hydrogens is 466 g/mol. The lowest BCUT2D eigenvalue weighted by atomic mass is 10.2. The number of benzene rings is 2. The molecule has 6 N–H and O–H groups in total. The number of primary amides is 1. The van der Waals surface area contributed by atoms with E-state index in [-0.39, 0.29) is 24.2 Å². The van der Waals surface area contributed by atoms with Crippen LogP contribution in [0, 0.1) is 0 Å². The summed E-state index contributed by atoms with van der Waals surface area (Å²) in [6, 6.07) is 21.4. The first-order valence-corrected chi connectivity index (χ1v) is 13.4. The predicted octanol–water partition coefficient (Wildman–Crippen LogP) is 1.85. The number of hydrogen-bond donors (Lipinski definition) is 5. The van der Waals surface area contributed by atoms with Gasteiger partial charge in [0.05, 0.1) is 0 Å². The Balaban J connectivity index is 0.000000301. The van der Waals surface area contributed by atoms with Gasteiger partial charge >= 0.3 is 12.1 Å². The Hall–Kier alpha value is -3.14. The number of nitrogens with one attached hydrogen (secondary N) is 4. The molecule has 9 nitrogen and oxygen atoms in total. The molecule has 5 rings (SSSR count). The number of rotatable bonds is 7. The second-order valence-electron chi connectivity index (χ2n) is 10.2. The highest BCUT2D eigenvalue weighted by Crippen LogP contribution is 2.15. The van der Waals surface area contributed by atoms with E-state index in [2.05, 4.69) is 79.6 Å². The quantitative estimate of drug-likeness (QED) is 0.392. The van der Waals surface area contributed by atoms with E-state index in [1.54, 1.807) is 0 Å². The fourth-order valence-electron chi connectivity index (χ4n) is 5.26. The van der Waals surface area contributed by atoms with Gasteiger partial charge in [-0.15, -0.1) is 0 Å². The standard InChI is InChI=1S/C23H30N4O.C5H11N3O/c28-23(24-21-11-13-26(17-21)15-19-7-3-1-4-8-19)25-22-12-14-27(18-22)16-20-9-5-2-6-10-20;6-5(9)8-4-1-2-7-3-4/h1-10,21-22H,11-18H2,(H2,24,25,28);4,7H,1-3H2,(H3,6,8,9)/t21-,22-;4-/m11/s1. The average molecular weight is 508 g/mol. The summed E-state index contributed by atoms with van der Waals surface area (Å²) < 4.78 is 0. The third-order valence-corrected chi connectivity index (χ3v) is 7.12. The van der Waals surface area contributed by atoms with Gasteiger partial charge in [0.25, 0.3) is 0 Å². The van der Waals surface area contributed by atoms with Crippen LogP contribution >= 0.6 is 0 Å². The van der Waals surface area contributed by atoms with Crippen molar-refractivity contribution >= 4 is 12.1 Å². The number of carbonyl (C=O) groups is 2. The number of urea groups is 2. The highest BCUT2D eigenvalue weighted by molar-refractivity contribution is 5.74. The molecule has 3 atom stereocenters. The summed E-state index contributed by atoms with van der Waals surface area (Å²) in [7, 11) is 0. The van der Waals surface area contributed by atoms with E-state index in [1.807, 2.05) is 12.1 Å². The SMILES string of the molecule is NC(=O)N[C@@H]1CCNC1.O=C(N[C@@H]1CCN(Cc2ccccc2)C1)N[C@@H]1CCN(Cc2ccccc2)C1. The Morgan fingerprint density at radius 1 is 0.757 bits per heavy atom. The van der Waals surface area contributed by atoms with Crippen LogP contribution in [0.4, 0.5) is 9.59 Å². The maximum absolute atomic E-state index is 12.4. The summed E-state index contributed by atoms with van der Waals surface area (Å²) in [4.78, 5) is 27.5. The van der Waals surface area contributed by atoms with Crippen molar-refractivity contribution < 1.29 is 9.59 Å². The van der Waals surface area contributed by atoms with Gasteiger partial charge < -0.3 is 27.0 Å².